The minimum absolute atomic E-state index is 0.0570. The van der Waals surface area contributed by atoms with Gasteiger partial charge in [-0.2, -0.15) is 0 Å². The monoisotopic (exact) mass is 451 g/mol. The number of benzene rings is 3. The molecular weight excluding hydrogens is 430 g/mol. The molecule has 0 amide bonds. The molecule has 0 aliphatic rings. The lowest BCUT2D eigenvalue weighted by Gasteiger charge is -2.11. The Morgan fingerprint density at radius 2 is 1.74 bits per heavy atom. The summed E-state index contributed by atoms with van der Waals surface area (Å²) in [5, 5.41) is 1.43. The Hall–Kier alpha value is -4.45. The van der Waals surface area contributed by atoms with Crippen molar-refractivity contribution in [3.8, 4) is 17.0 Å². The molecule has 5 aromatic rings. The molecule has 0 N–H and O–H groups in total. The van der Waals surface area contributed by atoms with Crippen molar-refractivity contribution in [2.75, 3.05) is 7.11 Å². The summed E-state index contributed by atoms with van der Waals surface area (Å²) < 4.78 is 16.2. The van der Waals surface area contributed by atoms with Gasteiger partial charge in [0.05, 0.1) is 23.9 Å². The molecule has 0 radical (unpaired) electrons. The van der Waals surface area contributed by atoms with Crippen molar-refractivity contribution in [1.29, 1.82) is 0 Å². The van der Waals surface area contributed by atoms with E-state index in [0.717, 1.165) is 22.3 Å². The van der Waals surface area contributed by atoms with Crippen LogP contribution in [0.4, 0.5) is 0 Å². The third-order valence-corrected chi connectivity index (χ3v) is 5.67. The lowest BCUT2D eigenvalue weighted by Crippen LogP contribution is -2.09. The molecule has 0 atom stereocenters. The van der Waals surface area contributed by atoms with Gasteiger partial charge in [0.2, 0.25) is 0 Å². The predicted molar refractivity (Wildman–Crippen MR) is 130 cm³/mol. The number of aromatic nitrogens is 1. The Morgan fingerprint density at radius 3 is 2.53 bits per heavy atom. The fourth-order valence-corrected chi connectivity index (χ4v) is 3.93. The fraction of sp³-hybridized carbons (Fsp3) is 0.107. The van der Waals surface area contributed by atoms with Crippen molar-refractivity contribution < 1.29 is 18.7 Å². The van der Waals surface area contributed by atoms with Crippen molar-refractivity contribution in [1.82, 2.24) is 4.98 Å². The van der Waals surface area contributed by atoms with Crippen LogP contribution in [-0.4, -0.2) is 18.1 Å². The molecule has 6 nitrogen and oxygen atoms in total. The van der Waals surface area contributed by atoms with Gasteiger partial charge in [0, 0.05) is 28.0 Å². The van der Waals surface area contributed by atoms with E-state index in [0.29, 0.717) is 33.3 Å². The van der Waals surface area contributed by atoms with Gasteiger partial charge < -0.3 is 13.9 Å². The van der Waals surface area contributed by atoms with E-state index in [-0.39, 0.29) is 6.61 Å². The maximum Gasteiger partial charge on any atom is 0.339 e. The van der Waals surface area contributed by atoms with Crippen LogP contribution in [0.1, 0.15) is 21.5 Å². The first-order valence-corrected chi connectivity index (χ1v) is 10.8. The van der Waals surface area contributed by atoms with Gasteiger partial charge in [0.25, 0.3) is 0 Å². The lowest BCUT2D eigenvalue weighted by molar-refractivity contribution is 0.0476. The molecule has 0 bridgehead atoms. The van der Waals surface area contributed by atoms with Gasteiger partial charge in [-0.25, -0.2) is 14.6 Å². The maximum absolute atomic E-state index is 13.2. The van der Waals surface area contributed by atoms with Crippen LogP contribution in [0.3, 0.4) is 0 Å². The number of pyridine rings is 1. The number of carbonyl (C=O) groups excluding carboxylic acids is 1. The molecule has 3 aromatic carbocycles. The highest BCUT2D eigenvalue weighted by molar-refractivity contribution is 6.04. The first-order valence-electron chi connectivity index (χ1n) is 10.8. The molecule has 34 heavy (non-hydrogen) atoms. The average Bonchev–Trinajstić information content (AvgIpc) is 2.86. The van der Waals surface area contributed by atoms with Crippen LogP contribution in [0.2, 0.25) is 0 Å². The number of methoxy groups -OCH3 is 1. The minimum atomic E-state index is -0.498. The van der Waals surface area contributed by atoms with Gasteiger partial charge in [-0.3, -0.25) is 0 Å². The molecule has 0 fully saturated rings. The summed E-state index contributed by atoms with van der Waals surface area (Å²) >= 11 is 0. The highest BCUT2D eigenvalue weighted by Crippen LogP contribution is 2.27. The van der Waals surface area contributed by atoms with Gasteiger partial charge in [0.1, 0.15) is 17.9 Å². The average molecular weight is 451 g/mol. The normalized spacial score (nSPS) is 11.0. The molecule has 0 aliphatic heterocycles. The number of rotatable bonds is 5. The standard InChI is InChI=1S/C28H21NO5/c1-17-7-12-21-19(14-27(30)34-26(21)13-17)16-33-28(31)23-15-25(18-8-10-20(32-2)11-9-18)29-24-6-4-3-5-22(23)24/h3-15H,16H2,1-2H3. The molecule has 6 heteroatoms. The smallest absolute Gasteiger partial charge is 0.339 e. The van der Waals surface area contributed by atoms with Crippen molar-refractivity contribution in [3.05, 3.63) is 106 Å². The Bertz CT molecular complexity index is 1590. The fourth-order valence-electron chi connectivity index (χ4n) is 3.93. The Balaban J connectivity index is 1.51. The van der Waals surface area contributed by atoms with E-state index in [1.807, 2.05) is 67.6 Å². The number of aryl methyl sites for hydroxylation is 1. The van der Waals surface area contributed by atoms with E-state index in [1.165, 1.54) is 6.07 Å². The summed E-state index contributed by atoms with van der Waals surface area (Å²) in [5.74, 6) is 0.237. The molecule has 0 unspecified atom stereocenters. The predicted octanol–water partition coefficient (Wildman–Crippen LogP) is 5.68. The number of ether oxygens (including phenoxy) is 2. The largest absolute Gasteiger partial charge is 0.497 e. The van der Waals surface area contributed by atoms with Crippen LogP contribution in [0, 0.1) is 6.92 Å². The number of carbonyl (C=O) groups is 1. The number of nitrogens with zero attached hydrogens (tertiary/aromatic N) is 1. The second-order valence-electron chi connectivity index (χ2n) is 7.97. The third-order valence-electron chi connectivity index (χ3n) is 5.67. The maximum atomic E-state index is 13.2. The topological polar surface area (TPSA) is 78.6 Å². The van der Waals surface area contributed by atoms with E-state index in [2.05, 4.69) is 0 Å². The van der Waals surface area contributed by atoms with Crippen LogP contribution in [0.5, 0.6) is 5.75 Å². The molecule has 168 valence electrons. The van der Waals surface area contributed by atoms with Crippen molar-refractivity contribution in [3.63, 3.8) is 0 Å². The summed E-state index contributed by atoms with van der Waals surface area (Å²) in [7, 11) is 1.61. The molecule has 0 spiro atoms. The first-order chi connectivity index (χ1) is 16.5. The van der Waals surface area contributed by atoms with Crippen molar-refractivity contribution in [2.24, 2.45) is 0 Å². The van der Waals surface area contributed by atoms with Crippen LogP contribution in [0.15, 0.2) is 88.1 Å². The number of hydrogen-bond acceptors (Lipinski definition) is 6. The highest BCUT2D eigenvalue weighted by atomic mass is 16.5. The van der Waals surface area contributed by atoms with Gasteiger partial charge in [-0.1, -0.05) is 30.3 Å². The lowest BCUT2D eigenvalue weighted by atomic mass is 10.0. The molecular formula is C28H21NO5. The first kappa shape index (κ1) is 21.4. The zero-order chi connectivity index (χ0) is 23.7. The van der Waals surface area contributed by atoms with Gasteiger partial charge in [0.15, 0.2) is 0 Å². The van der Waals surface area contributed by atoms with Crippen molar-refractivity contribution >= 4 is 27.8 Å². The molecule has 0 aliphatic carbocycles. The number of para-hydroxylation sites is 1. The van der Waals surface area contributed by atoms with Crippen LogP contribution >= 0.6 is 0 Å². The Kier molecular flexibility index (Phi) is 5.55. The van der Waals surface area contributed by atoms with Crippen molar-refractivity contribution in [2.45, 2.75) is 13.5 Å². The SMILES string of the molecule is COc1ccc(-c2cc(C(=O)OCc3cc(=O)oc4cc(C)ccc34)c3ccccc3n2)cc1. The highest BCUT2D eigenvalue weighted by Gasteiger charge is 2.16. The van der Waals surface area contributed by atoms with E-state index in [4.69, 9.17) is 18.9 Å². The third kappa shape index (κ3) is 4.13. The zero-order valence-electron chi connectivity index (χ0n) is 18.7. The van der Waals surface area contributed by atoms with E-state index in [9.17, 15) is 9.59 Å². The van der Waals surface area contributed by atoms with Crippen LogP contribution in [-0.2, 0) is 11.3 Å². The van der Waals surface area contributed by atoms with E-state index < -0.39 is 11.6 Å². The zero-order valence-corrected chi connectivity index (χ0v) is 18.7. The molecule has 5 rings (SSSR count). The van der Waals surface area contributed by atoms with E-state index in [1.54, 1.807) is 19.2 Å². The summed E-state index contributed by atoms with van der Waals surface area (Å²) in [5.41, 5.74) is 4.13. The number of hydrogen-bond donors (Lipinski definition) is 0. The molecule has 0 saturated heterocycles. The molecule has 2 heterocycles. The summed E-state index contributed by atoms with van der Waals surface area (Å²) in [6.45, 7) is 1.86. The Labute approximate surface area is 195 Å². The second-order valence-corrected chi connectivity index (χ2v) is 7.97. The quantitative estimate of drug-likeness (QED) is 0.253. The molecule has 2 aromatic heterocycles. The van der Waals surface area contributed by atoms with Crippen LogP contribution in [0.25, 0.3) is 33.1 Å². The minimum Gasteiger partial charge on any atom is -0.497 e. The van der Waals surface area contributed by atoms with Gasteiger partial charge in [-0.15, -0.1) is 0 Å². The summed E-state index contributed by atoms with van der Waals surface area (Å²) in [6, 6.07) is 23.6. The number of esters is 1. The molecule has 0 saturated carbocycles. The summed E-state index contributed by atoms with van der Waals surface area (Å²) in [4.78, 5) is 30.0. The van der Waals surface area contributed by atoms with E-state index >= 15 is 0 Å². The number of fused-ring (bicyclic) bond motifs is 2. The Morgan fingerprint density at radius 1 is 0.941 bits per heavy atom. The van der Waals surface area contributed by atoms with Crippen LogP contribution < -0.4 is 10.4 Å². The second kappa shape index (κ2) is 8.83. The van der Waals surface area contributed by atoms with Gasteiger partial charge >= 0.3 is 11.6 Å². The van der Waals surface area contributed by atoms with Gasteiger partial charge in [-0.05, 0) is 55.0 Å². The summed E-state index contributed by atoms with van der Waals surface area (Å²) in [6.07, 6.45) is 0.